The highest BCUT2D eigenvalue weighted by molar-refractivity contribution is 9.10. The fourth-order valence-electron chi connectivity index (χ4n) is 2.22. The van der Waals surface area contributed by atoms with Crippen LogP contribution in [0.4, 0.5) is 0 Å². The van der Waals surface area contributed by atoms with Crippen molar-refractivity contribution in [2.75, 3.05) is 32.7 Å². The third-order valence-electron chi connectivity index (χ3n) is 3.23. The highest BCUT2D eigenvalue weighted by Gasteiger charge is 2.25. The second-order valence-electron chi connectivity index (χ2n) is 4.46. The molecule has 0 radical (unpaired) electrons. The molecule has 0 spiro atoms. The van der Waals surface area contributed by atoms with Crippen LogP contribution in [0.3, 0.4) is 0 Å². The van der Waals surface area contributed by atoms with Crippen LogP contribution in [0.25, 0.3) is 0 Å². The van der Waals surface area contributed by atoms with Crippen LogP contribution in [0, 0.1) is 0 Å². The smallest absolute Gasteiger partial charge is 0.312 e. The third-order valence-corrected chi connectivity index (χ3v) is 3.95. The molecule has 0 aromatic heterocycles. The molecule has 2 rings (SSSR count). The van der Waals surface area contributed by atoms with Crippen molar-refractivity contribution in [3.8, 4) is 0 Å². The summed E-state index contributed by atoms with van der Waals surface area (Å²) in [4.78, 5) is 13.7. The van der Waals surface area contributed by atoms with Crippen LogP contribution in [0.2, 0.25) is 0 Å². The summed E-state index contributed by atoms with van der Waals surface area (Å²) < 4.78 is 0.868. The molecule has 1 aliphatic rings. The van der Waals surface area contributed by atoms with Crippen molar-refractivity contribution in [1.29, 1.82) is 0 Å². The maximum absolute atomic E-state index is 11.5. The average Bonchev–Trinajstić information content (AvgIpc) is 2.38. The van der Waals surface area contributed by atoms with Crippen molar-refractivity contribution < 1.29 is 9.90 Å². The first-order chi connectivity index (χ1) is 8.68. The highest BCUT2D eigenvalue weighted by atomic mass is 79.9. The summed E-state index contributed by atoms with van der Waals surface area (Å²) in [6, 6.07) is 7.55. The van der Waals surface area contributed by atoms with Crippen LogP contribution in [0.5, 0.6) is 0 Å². The maximum Gasteiger partial charge on any atom is 0.312 e. The van der Waals surface area contributed by atoms with E-state index in [1.807, 2.05) is 24.3 Å². The summed E-state index contributed by atoms with van der Waals surface area (Å²) >= 11 is 3.44. The highest BCUT2D eigenvalue weighted by Crippen LogP contribution is 2.26. The molecule has 1 heterocycles. The van der Waals surface area contributed by atoms with Gasteiger partial charge in [0, 0.05) is 37.2 Å². The van der Waals surface area contributed by atoms with Crippen molar-refractivity contribution in [1.82, 2.24) is 10.2 Å². The van der Waals surface area contributed by atoms with Gasteiger partial charge < -0.3 is 10.4 Å². The molecule has 1 saturated heterocycles. The van der Waals surface area contributed by atoms with E-state index in [2.05, 4.69) is 26.1 Å². The van der Waals surface area contributed by atoms with E-state index < -0.39 is 11.9 Å². The Morgan fingerprint density at radius 2 is 2.06 bits per heavy atom. The number of nitrogens with one attached hydrogen (secondary N) is 1. The number of hydrogen-bond acceptors (Lipinski definition) is 3. The molecule has 0 saturated carbocycles. The quantitative estimate of drug-likeness (QED) is 0.885. The predicted molar refractivity (Wildman–Crippen MR) is 73.8 cm³/mol. The Bertz CT molecular complexity index is 419. The molecular weight excluding hydrogens is 296 g/mol. The number of nitrogens with zero attached hydrogens (tertiary/aromatic N) is 1. The predicted octanol–water partition coefficient (Wildman–Crippen LogP) is 1.52. The summed E-state index contributed by atoms with van der Waals surface area (Å²) in [6.45, 7) is 4.26. The molecule has 1 atom stereocenters. The zero-order valence-corrected chi connectivity index (χ0v) is 11.7. The molecule has 5 heteroatoms. The second-order valence-corrected chi connectivity index (χ2v) is 5.32. The summed E-state index contributed by atoms with van der Waals surface area (Å²) in [6.07, 6.45) is 0. The van der Waals surface area contributed by atoms with E-state index in [1.54, 1.807) is 0 Å². The van der Waals surface area contributed by atoms with Gasteiger partial charge >= 0.3 is 5.97 Å². The number of piperazine rings is 1. The molecule has 0 amide bonds. The molecule has 1 aromatic carbocycles. The van der Waals surface area contributed by atoms with Crippen molar-refractivity contribution >= 4 is 21.9 Å². The van der Waals surface area contributed by atoms with E-state index in [0.717, 1.165) is 36.2 Å². The van der Waals surface area contributed by atoms with Crippen LogP contribution >= 0.6 is 15.9 Å². The Morgan fingerprint density at radius 1 is 1.39 bits per heavy atom. The summed E-state index contributed by atoms with van der Waals surface area (Å²) in [7, 11) is 0. The van der Waals surface area contributed by atoms with Crippen molar-refractivity contribution in [3.63, 3.8) is 0 Å². The van der Waals surface area contributed by atoms with Crippen LogP contribution in [0.1, 0.15) is 11.5 Å². The van der Waals surface area contributed by atoms with E-state index in [9.17, 15) is 9.90 Å². The fraction of sp³-hybridized carbons (Fsp3) is 0.462. The Labute approximate surface area is 115 Å². The number of hydrogen-bond donors (Lipinski definition) is 2. The van der Waals surface area contributed by atoms with Gasteiger partial charge in [-0.2, -0.15) is 0 Å². The Hall–Kier alpha value is -0.910. The van der Waals surface area contributed by atoms with Gasteiger partial charge in [-0.05, 0) is 11.6 Å². The van der Waals surface area contributed by atoms with E-state index in [0.29, 0.717) is 6.54 Å². The lowest BCUT2D eigenvalue weighted by Gasteiger charge is -2.29. The fourth-order valence-corrected chi connectivity index (χ4v) is 2.78. The Balaban J connectivity index is 2.13. The first-order valence-corrected chi connectivity index (χ1v) is 6.88. The van der Waals surface area contributed by atoms with Gasteiger partial charge in [0.1, 0.15) is 0 Å². The minimum atomic E-state index is -0.763. The summed E-state index contributed by atoms with van der Waals surface area (Å²) in [5, 5.41) is 12.7. The number of carboxylic acids is 1. The minimum absolute atomic E-state index is 0.473. The summed E-state index contributed by atoms with van der Waals surface area (Å²) in [5.41, 5.74) is 0.850. The Morgan fingerprint density at radius 3 is 2.67 bits per heavy atom. The average molecular weight is 313 g/mol. The van der Waals surface area contributed by atoms with Gasteiger partial charge in [-0.15, -0.1) is 0 Å². The number of carbonyl (C=O) groups is 1. The normalized spacial score (nSPS) is 18.5. The van der Waals surface area contributed by atoms with Gasteiger partial charge in [0.05, 0.1) is 5.92 Å². The molecule has 2 N–H and O–H groups in total. The standard InChI is InChI=1S/C13H17BrN2O2/c14-12-4-2-1-3-10(12)11(13(17)18)9-16-7-5-15-6-8-16/h1-4,11,15H,5-9H2,(H,17,18). The largest absolute Gasteiger partial charge is 0.481 e. The van der Waals surface area contributed by atoms with Crippen LogP contribution in [-0.2, 0) is 4.79 Å². The summed E-state index contributed by atoms with van der Waals surface area (Å²) in [5.74, 6) is -1.24. The maximum atomic E-state index is 11.5. The van der Waals surface area contributed by atoms with Crippen LogP contribution < -0.4 is 5.32 Å². The third kappa shape index (κ3) is 3.31. The van der Waals surface area contributed by atoms with Gasteiger partial charge in [0.2, 0.25) is 0 Å². The van der Waals surface area contributed by atoms with Crippen LogP contribution in [-0.4, -0.2) is 48.7 Å². The van der Waals surface area contributed by atoms with E-state index in [1.165, 1.54) is 0 Å². The van der Waals surface area contributed by atoms with Crippen molar-refractivity contribution in [2.45, 2.75) is 5.92 Å². The lowest BCUT2D eigenvalue weighted by atomic mass is 9.98. The number of halogens is 1. The molecule has 0 aliphatic carbocycles. The van der Waals surface area contributed by atoms with Crippen molar-refractivity contribution in [2.24, 2.45) is 0 Å². The molecule has 1 aliphatic heterocycles. The van der Waals surface area contributed by atoms with Gasteiger partial charge in [-0.3, -0.25) is 9.69 Å². The molecule has 18 heavy (non-hydrogen) atoms. The topological polar surface area (TPSA) is 52.6 Å². The minimum Gasteiger partial charge on any atom is -0.481 e. The first kappa shape index (κ1) is 13.5. The number of rotatable bonds is 4. The molecule has 1 aromatic rings. The van der Waals surface area contributed by atoms with E-state index in [-0.39, 0.29) is 0 Å². The SMILES string of the molecule is O=C(O)C(CN1CCNCC1)c1ccccc1Br. The second kappa shape index (κ2) is 6.31. The van der Waals surface area contributed by atoms with Gasteiger partial charge in [0.15, 0.2) is 0 Å². The van der Waals surface area contributed by atoms with Gasteiger partial charge in [-0.25, -0.2) is 0 Å². The molecule has 1 unspecified atom stereocenters. The monoisotopic (exact) mass is 312 g/mol. The molecule has 0 bridgehead atoms. The van der Waals surface area contributed by atoms with Crippen LogP contribution in [0.15, 0.2) is 28.7 Å². The molecular formula is C13H17BrN2O2. The number of carboxylic acid groups (broad SMARTS) is 1. The number of aliphatic carboxylic acids is 1. The van der Waals surface area contributed by atoms with Gasteiger partial charge in [-0.1, -0.05) is 34.1 Å². The number of benzene rings is 1. The Kier molecular flexibility index (Phi) is 4.74. The van der Waals surface area contributed by atoms with Gasteiger partial charge in [0.25, 0.3) is 0 Å². The first-order valence-electron chi connectivity index (χ1n) is 6.09. The van der Waals surface area contributed by atoms with Crippen molar-refractivity contribution in [3.05, 3.63) is 34.3 Å². The molecule has 4 nitrogen and oxygen atoms in total. The van der Waals surface area contributed by atoms with E-state index in [4.69, 9.17) is 0 Å². The lowest BCUT2D eigenvalue weighted by molar-refractivity contribution is -0.139. The zero-order chi connectivity index (χ0) is 13.0. The lowest BCUT2D eigenvalue weighted by Crippen LogP contribution is -2.45. The molecule has 1 fully saturated rings. The zero-order valence-electron chi connectivity index (χ0n) is 10.1. The molecule has 98 valence electrons. The van der Waals surface area contributed by atoms with E-state index >= 15 is 0 Å².